The summed E-state index contributed by atoms with van der Waals surface area (Å²) in [7, 11) is 0. The monoisotopic (exact) mass is 380 g/mol. The molecule has 140 valence electrons. The van der Waals surface area contributed by atoms with Crippen LogP contribution >= 0.6 is 11.3 Å². The topological polar surface area (TPSA) is 58.1 Å². The molecule has 3 rings (SSSR count). The first-order chi connectivity index (χ1) is 13.1. The molecule has 5 nitrogen and oxygen atoms in total. The maximum atomic E-state index is 12.5. The zero-order valence-electron chi connectivity index (χ0n) is 15.7. The van der Waals surface area contributed by atoms with Crippen LogP contribution in [0.2, 0.25) is 0 Å². The van der Waals surface area contributed by atoms with Gasteiger partial charge in [0.2, 0.25) is 0 Å². The van der Waals surface area contributed by atoms with Gasteiger partial charge in [0, 0.05) is 48.9 Å². The Balaban J connectivity index is 1.54. The Kier molecular flexibility index (Phi) is 6.54. The van der Waals surface area contributed by atoms with Gasteiger partial charge in [-0.15, -0.1) is 11.3 Å². The van der Waals surface area contributed by atoms with Gasteiger partial charge in [-0.25, -0.2) is 9.78 Å². The quantitative estimate of drug-likeness (QED) is 0.655. The van der Waals surface area contributed by atoms with Crippen LogP contribution < -0.4 is 5.32 Å². The van der Waals surface area contributed by atoms with Crippen LogP contribution in [0.3, 0.4) is 0 Å². The number of carbonyl (C=O) groups is 1. The number of aromatic nitrogens is 2. The van der Waals surface area contributed by atoms with E-state index in [0.717, 1.165) is 23.4 Å². The van der Waals surface area contributed by atoms with Crippen molar-refractivity contribution in [3.63, 3.8) is 0 Å². The Morgan fingerprint density at radius 2 is 1.96 bits per heavy atom. The van der Waals surface area contributed by atoms with Crippen LogP contribution in [-0.2, 0) is 12.8 Å². The number of hydrogen-bond donors (Lipinski definition) is 1. The highest BCUT2D eigenvalue weighted by atomic mass is 32.1. The zero-order chi connectivity index (χ0) is 19.1. The maximum Gasteiger partial charge on any atom is 0.323 e. The van der Waals surface area contributed by atoms with Gasteiger partial charge in [0.1, 0.15) is 0 Å². The molecule has 0 fully saturated rings. The number of pyridine rings is 1. The first kappa shape index (κ1) is 19.0. The summed E-state index contributed by atoms with van der Waals surface area (Å²) < 4.78 is 0. The minimum atomic E-state index is -0.121. The van der Waals surface area contributed by atoms with Crippen LogP contribution in [0.4, 0.5) is 9.93 Å². The summed E-state index contributed by atoms with van der Waals surface area (Å²) in [4.78, 5) is 24.1. The number of thiazole rings is 1. The fraction of sp³-hybridized carbons (Fsp3) is 0.286. The van der Waals surface area contributed by atoms with Gasteiger partial charge in [-0.3, -0.25) is 10.3 Å². The van der Waals surface area contributed by atoms with E-state index in [4.69, 9.17) is 0 Å². The lowest BCUT2D eigenvalue weighted by atomic mass is 10.1. The third-order valence-corrected chi connectivity index (χ3v) is 5.21. The van der Waals surface area contributed by atoms with Gasteiger partial charge in [-0.05, 0) is 31.5 Å². The van der Waals surface area contributed by atoms with Gasteiger partial charge < -0.3 is 4.90 Å². The van der Waals surface area contributed by atoms with Gasteiger partial charge >= 0.3 is 6.03 Å². The molecule has 0 saturated carbocycles. The van der Waals surface area contributed by atoms with E-state index in [0.29, 0.717) is 18.2 Å². The maximum absolute atomic E-state index is 12.5. The van der Waals surface area contributed by atoms with Gasteiger partial charge in [0.15, 0.2) is 5.13 Å². The number of benzene rings is 1. The average molecular weight is 381 g/mol. The number of likely N-dealkylation sites (N-methyl/N-ethyl adjacent to an activating group) is 1. The van der Waals surface area contributed by atoms with Gasteiger partial charge in [-0.1, -0.05) is 35.9 Å². The predicted octanol–water partition coefficient (Wildman–Crippen LogP) is 4.53. The largest absolute Gasteiger partial charge is 0.324 e. The van der Waals surface area contributed by atoms with E-state index in [9.17, 15) is 4.79 Å². The molecule has 2 amide bonds. The molecule has 0 atom stereocenters. The van der Waals surface area contributed by atoms with E-state index in [-0.39, 0.29) is 6.03 Å². The summed E-state index contributed by atoms with van der Waals surface area (Å²) in [5.74, 6) is 0. The Hall–Kier alpha value is -2.73. The number of urea groups is 1. The summed E-state index contributed by atoms with van der Waals surface area (Å²) in [5, 5.41) is 3.56. The number of aryl methyl sites for hydroxylation is 1. The molecular weight excluding hydrogens is 356 g/mol. The van der Waals surface area contributed by atoms with Crippen molar-refractivity contribution in [3.8, 4) is 0 Å². The molecule has 0 bridgehead atoms. The number of amides is 2. The molecule has 27 heavy (non-hydrogen) atoms. The molecule has 2 aromatic heterocycles. The molecule has 0 unspecified atom stereocenters. The second-order valence-electron chi connectivity index (χ2n) is 6.37. The summed E-state index contributed by atoms with van der Waals surface area (Å²) in [5.41, 5.74) is 3.48. The van der Waals surface area contributed by atoms with E-state index < -0.39 is 0 Å². The number of hydrogen-bond acceptors (Lipinski definition) is 4. The van der Waals surface area contributed by atoms with E-state index >= 15 is 0 Å². The van der Waals surface area contributed by atoms with Gasteiger partial charge in [0.25, 0.3) is 0 Å². The van der Waals surface area contributed by atoms with Crippen molar-refractivity contribution in [3.05, 3.63) is 76.6 Å². The minimum Gasteiger partial charge on any atom is -0.324 e. The SMILES string of the molecule is CCN(CCc1ccccn1)C(=O)Nc1ncc(Cc2ccc(C)cc2)s1. The second kappa shape index (κ2) is 9.28. The van der Waals surface area contributed by atoms with Crippen molar-refractivity contribution in [2.75, 3.05) is 18.4 Å². The number of nitrogens with one attached hydrogen (secondary N) is 1. The molecule has 0 aliphatic heterocycles. The molecule has 2 heterocycles. The standard InChI is InChI=1S/C21H24N4OS/c1-3-25(13-11-18-6-4-5-12-22-18)21(26)24-20-23-15-19(27-20)14-17-9-7-16(2)8-10-17/h4-10,12,15H,3,11,13-14H2,1-2H3,(H,23,24,26). The molecule has 1 aromatic carbocycles. The Morgan fingerprint density at radius 1 is 1.15 bits per heavy atom. The number of anilines is 1. The van der Waals surface area contributed by atoms with E-state index in [2.05, 4.69) is 46.5 Å². The molecule has 0 radical (unpaired) electrons. The first-order valence-electron chi connectivity index (χ1n) is 9.10. The number of rotatable bonds is 7. The molecule has 0 aliphatic carbocycles. The highest BCUT2D eigenvalue weighted by Gasteiger charge is 2.14. The zero-order valence-corrected chi connectivity index (χ0v) is 16.5. The van der Waals surface area contributed by atoms with Crippen molar-refractivity contribution in [2.24, 2.45) is 0 Å². The highest BCUT2D eigenvalue weighted by molar-refractivity contribution is 7.15. The van der Waals surface area contributed by atoms with Crippen molar-refractivity contribution in [2.45, 2.75) is 26.7 Å². The molecular formula is C21H24N4OS. The summed E-state index contributed by atoms with van der Waals surface area (Å²) >= 11 is 1.52. The Labute approximate surface area is 164 Å². The predicted molar refractivity (Wildman–Crippen MR) is 110 cm³/mol. The van der Waals surface area contributed by atoms with Crippen LogP contribution in [0.5, 0.6) is 0 Å². The van der Waals surface area contributed by atoms with Crippen molar-refractivity contribution >= 4 is 22.5 Å². The average Bonchev–Trinajstić information content (AvgIpc) is 3.12. The lowest BCUT2D eigenvalue weighted by Gasteiger charge is -2.20. The van der Waals surface area contributed by atoms with E-state index in [1.807, 2.05) is 31.3 Å². The van der Waals surface area contributed by atoms with Crippen LogP contribution in [-0.4, -0.2) is 34.0 Å². The van der Waals surface area contributed by atoms with Crippen LogP contribution in [0.1, 0.15) is 28.6 Å². The van der Waals surface area contributed by atoms with E-state index in [1.54, 1.807) is 11.1 Å². The second-order valence-corrected chi connectivity index (χ2v) is 7.49. The lowest BCUT2D eigenvalue weighted by Crippen LogP contribution is -2.36. The van der Waals surface area contributed by atoms with Crippen LogP contribution in [0, 0.1) is 6.92 Å². The van der Waals surface area contributed by atoms with E-state index in [1.165, 1.54) is 22.5 Å². The molecule has 0 aliphatic rings. The summed E-state index contributed by atoms with van der Waals surface area (Å²) in [6, 6.07) is 14.2. The lowest BCUT2D eigenvalue weighted by molar-refractivity contribution is 0.215. The minimum absolute atomic E-state index is 0.121. The molecule has 6 heteroatoms. The van der Waals surface area contributed by atoms with Gasteiger partial charge in [0.05, 0.1) is 0 Å². The summed E-state index contributed by atoms with van der Waals surface area (Å²) in [6.45, 7) is 5.32. The fourth-order valence-electron chi connectivity index (χ4n) is 2.72. The van der Waals surface area contributed by atoms with Crippen LogP contribution in [0.25, 0.3) is 0 Å². The van der Waals surface area contributed by atoms with Crippen molar-refractivity contribution in [1.82, 2.24) is 14.9 Å². The molecule has 3 aromatic rings. The number of carbonyl (C=O) groups excluding carboxylic acids is 1. The van der Waals surface area contributed by atoms with Crippen LogP contribution in [0.15, 0.2) is 54.9 Å². The third-order valence-electron chi connectivity index (χ3n) is 4.30. The Morgan fingerprint density at radius 3 is 2.67 bits per heavy atom. The fourth-order valence-corrected chi connectivity index (χ4v) is 3.56. The summed E-state index contributed by atoms with van der Waals surface area (Å²) in [6.07, 6.45) is 5.17. The van der Waals surface area contributed by atoms with Crippen molar-refractivity contribution in [1.29, 1.82) is 0 Å². The normalized spacial score (nSPS) is 10.6. The molecule has 0 spiro atoms. The highest BCUT2D eigenvalue weighted by Crippen LogP contribution is 2.21. The third kappa shape index (κ3) is 5.62. The number of nitrogens with zero attached hydrogens (tertiary/aromatic N) is 3. The first-order valence-corrected chi connectivity index (χ1v) is 9.92. The Bertz CT molecular complexity index is 861. The molecule has 1 N–H and O–H groups in total. The molecule has 0 saturated heterocycles. The van der Waals surface area contributed by atoms with Gasteiger partial charge in [-0.2, -0.15) is 0 Å². The smallest absolute Gasteiger partial charge is 0.323 e. The van der Waals surface area contributed by atoms with Crippen molar-refractivity contribution < 1.29 is 4.79 Å².